The van der Waals surface area contributed by atoms with Crippen LogP contribution in [0.4, 0.5) is 13.2 Å². The molecule has 0 amide bonds. The highest BCUT2D eigenvalue weighted by Crippen LogP contribution is 2.39. The number of piperidine rings is 1. The van der Waals surface area contributed by atoms with Crippen molar-refractivity contribution in [2.24, 2.45) is 5.41 Å². The lowest BCUT2D eigenvalue weighted by atomic mass is 9.73. The van der Waals surface area contributed by atoms with Crippen LogP contribution >= 0.6 is 24.8 Å². The largest absolute Gasteiger partial charge is 0.390 e. The summed E-state index contributed by atoms with van der Waals surface area (Å²) in [6.07, 6.45) is 1.03. The molecule has 2 saturated heterocycles. The summed E-state index contributed by atoms with van der Waals surface area (Å²) in [6.45, 7) is 4.00. The smallest absolute Gasteiger partial charge is 0.317 e. The van der Waals surface area contributed by atoms with E-state index < -0.39 is 12.6 Å². The number of hydrogen-bond donors (Lipinski definition) is 1. The molecule has 0 aliphatic carbocycles. The van der Waals surface area contributed by atoms with Crippen LogP contribution in [0.2, 0.25) is 0 Å². The number of halogens is 5. The molecule has 2 fully saturated rings. The van der Waals surface area contributed by atoms with E-state index >= 15 is 0 Å². The van der Waals surface area contributed by atoms with Gasteiger partial charge >= 0.3 is 6.18 Å². The Hall–Kier alpha value is 0.290. The van der Waals surface area contributed by atoms with Gasteiger partial charge in [0.15, 0.2) is 0 Å². The normalized spacial score (nSPS) is 23.6. The fourth-order valence-electron chi connectivity index (χ4n) is 3.28. The second kappa shape index (κ2) is 8.66. The zero-order valence-electron chi connectivity index (χ0n) is 11.7. The lowest BCUT2D eigenvalue weighted by Gasteiger charge is -2.37. The Labute approximate surface area is 131 Å². The van der Waals surface area contributed by atoms with Gasteiger partial charge < -0.3 is 10.2 Å². The average molecular weight is 337 g/mol. The van der Waals surface area contributed by atoms with E-state index in [9.17, 15) is 13.2 Å². The van der Waals surface area contributed by atoms with E-state index in [0.29, 0.717) is 5.41 Å². The summed E-state index contributed by atoms with van der Waals surface area (Å²) in [6, 6.07) is 0. The highest BCUT2D eigenvalue weighted by atomic mass is 35.5. The molecule has 0 aromatic carbocycles. The van der Waals surface area contributed by atoms with Gasteiger partial charge in [-0.25, -0.2) is 0 Å². The summed E-state index contributed by atoms with van der Waals surface area (Å²) in [5.74, 6) is 0. The third-order valence-corrected chi connectivity index (χ3v) is 4.52. The van der Waals surface area contributed by atoms with E-state index in [-0.39, 0.29) is 31.4 Å². The summed E-state index contributed by atoms with van der Waals surface area (Å²) in [4.78, 5) is 2.00. The second-order valence-corrected chi connectivity index (χ2v) is 5.81. The van der Waals surface area contributed by atoms with Gasteiger partial charge in [0, 0.05) is 6.54 Å². The quantitative estimate of drug-likeness (QED) is 0.828. The maximum Gasteiger partial charge on any atom is 0.390 e. The first-order valence-electron chi connectivity index (χ1n) is 6.99. The average Bonchev–Trinajstić information content (AvgIpc) is 2.50. The second-order valence-electron chi connectivity index (χ2n) is 5.81. The maximum atomic E-state index is 12.2. The molecular weight excluding hydrogens is 312 g/mol. The van der Waals surface area contributed by atoms with Crippen LogP contribution in [0, 0.1) is 5.41 Å². The minimum absolute atomic E-state index is 0. The van der Waals surface area contributed by atoms with Crippen molar-refractivity contribution in [3.05, 3.63) is 0 Å². The topological polar surface area (TPSA) is 15.3 Å². The first kappa shape index (κ1) is 20.3. The van der Waals surface area contributed by atoms with Crippen LogP contribution in [0.3, 0.4) is 0 Å². The van der Waals surface area contributed by atoms with Crippen molar-refractivity contribution in [3.63, 3.8) is 0 Å². The number of nitrogens with zero attached hydrogens (tertiary/aromatic N) is 1. The molecule has 0 radical (unpaired) electrons. The summed E-state index contributed by atoms with van der Waals surface area (Å²) >= 11 is 0. The number of alkyl halides is 3. The van der Waals surface area contributed by atoms with Crippen molar-refractivity contribution in [1.29, 1.82) is 0 Å². The summed E-state index contributed by atoms with van der Waals surface area (Å²) in [5, 5.41) is 3.37. The predicted molar refractivity (Wildman–Crippen MR) is 80.0 cm³/mol. The Bertz CT molecular complexity index is 269. The SMILES string of the molecule is Cl.Cl.FC(F)(F)CCN1CCCC2(CCNCC2)CC1. The Kier molecular flexibility index (Phi) is 8.79. The molecule has 20 heavy (non-hydrogen) atoms. The van der Waals surface area contributed by atoms with Crippen molar-refractivity contribution in [3.8, 4) is 0 Å². The van der Waals surface area contributed by atoms with Gasteiger partial charge in [-0.05, 0) is 63.7 Å². The molecule has 2 rings (SSSR count). The van der Waals surface area contributed by atoms with E-state index in [1.54, 1.807) is 0 Å². The Balaban J connectivity index is 0.00000180. The third kappa shape index (κ3) is 6.37. The Morgan fingerprint density at radius 2 is 1.60 bits per heavy atom. The molecule has 0 bridgehead atoms. The van der Waals surface area contributed by atoms with Crippen molar-refractivity contribution < 1.29 is 13.2 Å². The lowest BCUT2D eigenvalue weighted by Crippen LogP contribution is -2.37. The lowest BCUT2D eigenvalue weighted by molar-refractivity contribution is -0.137. The number of rotatable bonds is 2. The van der Waals surface area contributed by atoms with Crippen molar-refractivity contribution in [1.82, 2.24) is 10.2 Å². The van der Waals surface area contributed by atoms with Crippen LogP contribution in [-0.4, -0.2) is 43.8 Å². The highest BCUT2D eigenvalue weighted by molar-refractivity contribution is 5.85. The molecule has 0 unspecified atom stereocenters. The molecule has 2 heterocycles. The molecule has 0 aromatic heterocycles. The fourth-order valence-corrected chi connectivity index (χ4v) is 3.28. The van der Waals surface area contributed by atoms with Crippen molar-refractivity contribution >= 4 is 24.8 Å². The molecule has 122 valence electrons. The molecule has 7 heteroatoms. The van der Waals surface area contributed by atoms with E-state index in [0.717, 1.165) is 39.0 Å². The van der Waals surface area contributed by atoms with Crippen LogP contribution in [0.1, 0.15) is 38.5 Å². The summed E-state index contributed by atoms with van der Waals surface area (Å²) < 4.78 is 36.7. The number of nitrogens with one attached hydrogen (secondary N) is 1. The van der Waals surface area contributed by atoms with Gasteiger partial charge in [0.25, 0.3) is 0 Å². The summed E-state index contributed by atoms with van der Waals surface area (Å²) in [7, 11) is 0. The molecular formula is C13H25Cl2F3N2. The molecule has 1 spiro atoms. The summed E-state index contributed by atoms with van der Waals surface area (Å²) in [5.41, 5.74) is 0.415. The van der Waals surface area contributed by atoms with Gasteiger partial charge in [-0.1, -0.05) is 0 Å². The highest BCUT2D eigenvalue weighted by Gasteiger charge is 2.34. The monoisotopic (exact) mass is 336 g/mol. The van der Waals surface area contributed by atoms with Gasteiger partial charge in [0.05, 0.1) is 6.42 Å². The fraction of sp³-hybridized carbons (Fsp3) is 1.00. The van der Waals surface area contributed by atoms with Crippen molar-refractivity contribution in [2.45, 2.75) is 44.7 Å². The molecule has 0 aromatic rings. The van der Waals surface area contributed by atoms with Gasteiger partial charge in [0.2, 0.25) is 0 Å². The van der Waals surface area contributed by atoms with Crippen molar-refractivity contribution in [2.75, 3.05) is 32.7 Å². The van der Waals surface area contributed by atoms with E-state index in [1.807, 2.05) is 4.90 Å². The van der Waals surface area contributed by atoms with Gasteiger partial charge in [-0.2, -0.15) is 13.2 Å². The van der Waals surface area contributed by atoms with Gasteiger partial charge in [-0.15, -0.1) is 24.8 Å². The van der Waals surface area contributed by atoms with Crippen LogP contribution in [0.25, 0.3) is 0 Å². The number of likely N-dealkylation sites (tertiary alicyclic amines) is 1. The standard InChI is InChI=1S/C13H23F3N2.2ClH/c14-13(15,16)6-11-18-9-1-2-12(5-10-18)3-7-17-8-4-12;;/h17H,1-11H2;2*1H. The molecule has 0 atom stereocenters. The van der Waals surface area contributed by atoms with Crippen LogP contribution in [0.5, 0.6) is 0 Å². The van der Waals surface area contributed by atoms with Gasteiger partial charge in [0.1, 0.15) is 0 Å². The molecule has 1 N–H and O–H groups in total. The minimum Gasteiger partial charge on any atom is -0.317 e. The van der Waals surface area contributed by atoms with Crippen LogP contribution < -0.4 is 5.32 Å². The Morgan fingerprint density at radius 1 is 0.950 bits per heavy atom. The van der Waals surface area contributed by atoms with E-state index in [1.165, 1.54) is 19.3 Å². The minimum atomic E-state index is -4.02. The maximum absolute atomic E-state index is 12.2. The zero-order chi connectivity index (χ0) is 13.1. The Morgan fingerprint density at radius 3 is 2.20 bits per heavy atom. The first-order chi connectivity index (χ1) is 8.49. The molecule has 0 saturated carbocycles. The molecule has 2 nitrogen and oxygen atoms in total. The predicted octanol–water partition coefficient (Wildman–Crippen LogP) is 3.64. The third-order valence-electron chi connectivity index (χ3n) is 4.52. The van der Waals surface area contributed by atoms with E-state index in [2.05, 4.69) is 5.32 Å². The number of hydrogen-bond acceptors (Lipinski definition) is 2. The van der Waals surface area contributed by atoms with E-state index in [4.69, 9.17) is 0 Å². The first-order valence-corrected chi connectivity index (χ1v) is 6.99. The molecule has 2 aliphatic heterocycles. The van der Waals surface area contributed by atoms with Gasteiger partial charge in [-0.3, -0.25) is 0 Å². The zero-order valence-corrected chi connectivity index (χ0v) is 13.3. The molecule has 2 aliphatic rings. The van der Waals surface area contributed by atoms with Crippen LogP contribution in [0.15, 0.2) is 0 Å². The van der Waals surface area contributed by atoms with Crippen LogP contribution in [-0.2, 0) is 0 Å².